The van der Waals surface area contributed by atoms with Crippen LogP contribution in [0.1, 0.15) is 107 Å². The molecule has 10 aliphatic rings. The molecule has 9 fully saturated rings. The highest BCUT2D eigenvalue weighted by molar-refractivity contribution is 5.82. The van der Waals surface area contributed by atoms with Crippen LogP contribution in [0.4, 0.5) is 0 Å². The number of esters is 1. The summed E-state index contributed by atoms with van der Waals surface area (Å²) in [6, 6.07) is 0. The van der Waals surface area contributed by atoms with Crippen molar-refractivity contribution in [2.45, 2.75) is 242 Å². The summed E-state index contributed by atoms with van der Waals surface area (Å²) < 4.78 is 54.6. The van der Waals surface area contributed by atoms with Crippen LogP contribution in [0.3, 0.4) is 0 Å². The predicted octanol–water partition coefficient (Wildman–Crippen LogP) is -1.38. The van der Waals surface area contributed by atoms with E-state index < -0.39 is 165 Å². The van der Waals surface area contributed by atoms with Crippen LogP contribution in [0.15, 0.2) is 11.6 Å². The summed E-state index contributed by atoms with van der Waals surface area (Å²) in [6.07, 6.45) is -24.4. The molecule has 0 radical (unpaired) electrons. The van der Waals surface area contributed by atoms with Gasteiger partial charge in [0.15, 0.2) is 25.2 Å². The molecular formula is C53H84O22. The molecule has 22 heteroatoms. The maximum Gasteiger partial charge on any atom is 0.315 e. The molecule has 29 atom stereocenters. The number of aliphatic hydroxyl groups excluding tert-OH is 12. The van der Waals surface area contributed by atoms with Crippen LogP contribution in [0, 0.1) is 50.2 Å². The third kappa shape index (κ3) is 8.68. The first-order valence-corrected chi connectivity index (χ1v) is 27.2. The van der Waals surface area contributed by atoms with Crippen molar-refractivity contribution in [2.24, 2.45) is 50.2 Å². The Hall–Kier alpha value is -1.59. The molecule has 75 heavy (non-hydrogen) atoms. The fourth-order valence-electron chi connectivity index (χ4n) is 16.6. The van der Waals surface area contributed by atoms with E-state index in [-0.39, 0.29) is 46.1 Å². The molecule has 0 aromatic heterocycles. The summed E-state index contributed by atoms with van der Waals surface area (Å²) in [5.74, 6) is -0.138. The zero-order chi connectivity index (χ0) is 54.4. The molecule has 0 amide bonds. The summed E-state index contributed by atoms with van der Waals surface area (Å²) in [4.78, 5) is 13.8. The molecule has 4 saturated carbocycles. The average molecular weight is 1070 g/mol. The van der Waals surface area contributed by atoms with Gasteiger partial charge < -0.3 is 104 Å². The van der Waals surface area contributed by atoms with Gasteiger partial charge in [-0.3, -0.25) is 4.79 Å². The number of hydrogen-bond acceptors (Lipinski definition) is 22. The largest absolute Gasteiger partial charge is 0.461 e. The van der Waals surface area contributed by atoms with Crippen molar-refractivity contribution in [3.05, 3.63) is 11.6 Å². The molecule has 1 spiro atoms. The summed E-state index contributed by atoms with van der Waals surface area (Å²) in [6.45, 7) is 15.4. The lowest BCUT2D eigenvalue weighted by Crippen LogP contribution is -2.68. The van der Waals surface area contributed by atoms with Crippen LogP contribution in [0.25, 0.3) is 0 Å². The molecule has 5 aliphatic heterocycles. The van der Waals surface area contributed by atoms with E-state index >= 15 is 0 Å². The molecule has 428 valence electrons. The van der Waals surface area contributed by atoms with Gasteiger partial charge in [0, 0.05) is 11.8 Å². The molecule has 2 bridgehead atoms. The van der Waals surface area contributed by atoms with Gasteiger partial charge in [0.1, 0.15) is 97.0 Å². The van der Waals surface area contributed by atoms with E-state index in [1.54, 1.807) is 0 Å². The van der Waals surface area contributed by atoms with E-state index in [1.165, 1.54) is 12.5 Å². The molecule has 5 saturated heterocycles. The predicted molar refractivity (Wildman–Crippen MR) is 255 cm³/mol. The minimum absolute atomic E-state index is 0.0719. The first kappa shape index (κ1) is 56.7. The van der Waals surface area contributed by atoms with E-state index in [2.05, 4.69) is 54.5 Å². The molecule has 0 aromatic carbocycles. The van der Waals surface area contributed by atoms with Gasteiger partial charge in [-0.25, -0.2) is 0 Å². The van der Waals surface area contributed by atoms with Crippen molar-refractivity contribution >= 4 is 5.97 Å². The van der Waals surface area contributed by atoms with E-state index in [1.807, 2.05) is 0 Å². The summed E-state index contributed by atoms with van der Waals surface area (Å²) in [7, 11) is 0. The van der Waals surface area contributed by atoms with Gasteiger partial charge in [-0.1, -0.05) is 60.1 Å². The van der Waals surface area contributed by atoms with Crippen LogP contribution < -0.4 is 0 Å². The van der Waals surface area contributed by atoms with Gasteiger partial charge in [-0.15, -0.1) is 0 Å². The lowest BCUT2D eigenvalue weighted by Gasteiger charge is -2.71. The van der Waals surface area contributed by atoms with Gasteiger partial charge in [-0.05, 0) is 91.3 Å². The fourth-order valence-corrected chi connectivity index (χ4v) is 16.6. The smallest absolute Gasteiger partial charge is 0.315 e. The Bertz CT molecular complexity index is 2130. The monoisotopic (exact) mass is 1070 g/mol. The van der Waals surface area contributed by atoms with Gasteiger partial charge in [0.05, 0.1) is 38.1 Å². The molecule has 0 aromatic rings. The van der Waals surface area contributed by atoms with Crippen LogP contribution in [0.2, 0.25) is 0 Å². The van der Waals surface area contributed by atoms with Crippen molar-refractivity contribution in [2.75, 3.05) is 19.8 Å². The molecule has 0 unspecified atom stereocenters. The highest BCUT2D eigenvalue weighted by Crippen LogP contribution is 2.77. The third-order valence-electron chi connectivity index (χ3n) is 21.4. The normalized spacial score (nSPS) is 56.1. The minimum atomic E-state index is -1.88. The van der Waals surface area contributed by atoms with Crippen LogP contribution >= 0.6 is 0 Å². The Morgan fingerprint density at radius 1 is 0.640 bits per heavy atom. The Balaban J connectivity index is 0.907. The summed E-state index contributed by atoms with van der Waals surface area (Å²) in [5, 5.41) is 131. The maximum absolute atomic E-state index is 13.8. The maximum atomic E-state index is 13.8. The highest BCUT2D eigenvalue weighted by atomic mass is 16.8. The molecule has 12 N–H and O–H groups in total. The Kier molecular flexibility index (Phi) is 15.0. The second-order valence-electron chi connectivity index (χ2n) is 26.1. The Morgan fingerprint density at radius 2 is 1.28 bits per heavy atom. The molecule has 10 rings (SSSR count). The fraction of sp³-hybridized carbons (Fsp3) is 0.943. The van der Waals surface area contributed by atoms with Crippen molar-refractivity contribution in [3.63, 3.8) is 0 Å². The number of rotatable bonds is 10. The number of fused-ring (bicyclic) bond motifs is 7. The number of allylic oxidation sites excluding steroid dienone is 2. The lowest BCUT2D eigenvalue weighted by molar-refractivity contribution is -0.385. The van der Waals surface area contributed by atoms with Crippen molar-refractivity contribution < 1.29 is 109 Å². The van der Waals surface area contributed by atoms with Crippen LogP contribution in [0.5, 0.6) is 0 Å². The summed E-state index contributed by atoms with van der Waals surface area (Å²) in [5.41, 5.74) is -1.36. The number of ether oxygens (including phenoxy) is 9. The van der Waals surface area contributed by atoms with Gasteiger partial charge in [0.2, 0.25) is 0 Å². The molecule has 5 heterocycles. The topological polar surface area (TPSA) is 343 Å². The van der Waals surface area contributed by atoms with Crippen molar-refractivity contribution in [3.8, 4) is 0 Å². The second-order valence-corrected chi connectivity index (χ2v) is 26.1. The number of aliphatic hydroxyl groups is 12. The SMILES string of the molecule is C[C@H]1O[C@@H](OC[C@H]2O[C@@H](O[C@H]3CC[C@]4(C)[C@H]5CC=C6[C@@H]7CC(C)(C)[C@@H]8C[C@]7(C(=O)O8)[C@H](O)C[C@@]6(C)[C@]5(C)CC[C@H]4C3(C)C)[C@H](O[C@@H]3O[C@H](CO)[C@@H](O)[C@H](O)[C@H]3O)[C@@H](O)[C@@H]2O)[C@H](O[C@@H]2OC[C@@H](O)[C@H](O)[C@H]2O)[C@@H](O)[C@H]1O. The lowest BCUT2D eigenvalue weighted by atomic mass is 9.33. The average Bonchev–Trinajstić information content (AvgIpc) is 3.80. The van der Waals surface area contributed by atoms with Gasteiger partial charge in [0.25, 0.3) is 0 Å². The van der Waals surface area contributed by atoms with Crippen LogP contribution in [-0.2, 0) is 47.4 Å². The van der Waals surface area contributed by atoms with E-state index in [9.17, 15) is 66.1 Å². The first-order chi connectivity index (χ1) is 35.1. The van der Waals surface area contributed by atoms with Crippen molar-refractivity contribution in [1.82, 2.24) is 0 Å². The molecule has 5 aliphatic carbocycles. The minimum Gasteiger partial charge on any atom is -0.461 e. The zero-order valence-corrected chi connectivity index (χ0v) is 44.2. The molecular weight excluding hydrogens is 989 g/mol. The van der Waals surface area contributed by atoms with E-state index in [0.717, 1.165) is 25.7 Å². The number of carbonyl (C=O) groups is 1. The van der Waals surface area contributed by atoms with Gasteiger partial charge in [-0.2, -0.15) is 0 Å². The van der Waals surface area contributed by atoms with E-state index in [4.69, 9.17) is 42.6 Å². The zero-order valence-electron chi connectivity index (χ0n) is 44.2. The quantitative estimate of drug-likeness (QED) is 0.0681. The van der Waals surface area contributed by atoms with E-state index in [0.29, 0.717) is 25.7 Å². The third-order valence-corrected chi connectivity index (χ3v) is 21.4. The second kappa shape index (κ2) is 19.8. The van der Waals surface area contributed by atoms with Crippen molar-refractivity contribution in [1.29, 1.82) is 0 Å². The number of carbonyl (C=O) groups excluding carboxylic acids is 1. The Morgan fingerprint density at radius 3 is 1.99 bits per heavy atom. The van der Waals surface area contributed by atoms with Crippen LogP contribution in [-0.4, -0.2) is 222 Å². The summed E-state index contributed by atoms with van der Waals surface area (Å²) >= 11 is 0. The number of hydrogen-bond donors (Lipinski definition) is 12. The molecule has 22 nitrogen and oxygen atoms in total. The highest BCUT2D eigenvalue weighted by Gasteiger charge is 2.75. The first-order valence-electron chi connectivity index (χ1n) is 27.2. The Labute approximate surface area is 437 Å². The standard InChI is InChI=1S/C53H84O22/c1-21-32(57)37(62)41(74-43-39(64)33(58)24(55)19-67-43)45(69-21)68-20-26-35(60)38(63)42(75-44-40(65)36(61)34(59)25(18-54)70-44)46(71-26)72-30-12-13-50(6)27(49(30,4)5)11-14-51(7)28(50)10-9-22-23-15-48(2,3)31-17-53(23,47(66)73-31)29(56)16-52(22,51)8/h9,21,23-46,54-65H,10-20H2,1-8H3/t21-,23+,24-,25-,26-,27+,28-,29-,30+,31+,32+,33+,34-,35-,36+,37+,38+,39-,40-,41-,42-,43+,44+,45-,46+,50+,51-,52-,53-/m1/s1. The van der Waals surface area contributed by atoms with Gasteiger partial charge >= 0.3 is 5.97 Å².